The molecular formula is C17H22N2O3S. The van der Waals surface area contributed by atoms with Crippen molar-refractivity contribution in [1.82, 2.24) is 10.2 Å². The molecule has 2 aliphatic rings. The van der Waals surface area contributed by atoms with E-state index < -0.39 is 0 Å². The van der Waals surface area contributed by atoms with Crippen molar-refractivity contribution in [3.8, 4) is 0 Å². The highest BCUT2D eigenvalue weighted by atomic mass is 32.2. The normalized spacial score (nSPS) is 28.0. The van der Waals surface area contributed by atoms with Gasteiger partial charge in [0.15, 0.2) is 0 Å². The number of ether oxygens (including phenoxy) is 1. The Morgan fingerprint density at radius 1 is 1.30 bits per heavy atom. The highest BCUT2D eigenvalue weighted by Gasteiger charge is 2.42. The number of hydrogen-bond acceptors (Lipinski definition) is 4. The maximum Gasteiger partial charge on any atom is 0.327 e. The molecule has 3 atom stereocenters. The third-order valence-corrected chi connectivity index (χ3v) is 5.68. The zero-order valence-electron chi connectivity index (χ0n) is 13.5. The van der Waals surface area contributed by atoms with Crippen LogP contribution in [0.2, 0.25) is 0 Å². The minimum Gasteiger partial charge on any atom is -0.358 e. The smallest absolute Gasteiger partial charge is 0.327 e. The maximum absolute atomic E-state index is 12.5. The first kappa shape index (κ1) is 16.3. The van der Waals surface area contributed by atoms with Crippen LogP contribution in [0.25, 0.3) is 0 Å². The van der Waals surface area contributed by atoms with Crippen molar-refractivity contribution < 1.29 is 14.3 Å². The summed E-state index contributed by atoms with van der Waals surface area (Å²) >= 11 is 1.22. The van der Waals surface area contributed by atoms with Gasteiger partial charge >= 0.3 is 6.03 Å². The van der Waals surface area contributed by atoms with Crippen molar-refractivity contribution in [1.29, 1.82) is 0 Å². The Balaban J connectivity index is 1.69. The van der Waals surface area contributed by atoms with Crippen LogP contribution >= 0.6 is 11.8 Å². The predicted molar refractivity (Wildman–Crippen MR) is 90.3 cm³/mol. The molecule has 124 valence electrons. The summed E-state index contributed by atoms with van der Waals surface area (Å²) in [4.78, 5) is 26.1. The molecule has 1 N–H and O–H groups in total. The Labute approximate surface area is 140 Å². The van der Waals surface area contributed by atoms with Crippen LogP contribution in [-0.2, 0) is 4.74 Å². The van der Waals surface area contributed by atoms with Crippen molar-refractivity contribution >= 4 is 23.0 Å². The number of hydrogen-bond donors (Lipinski definition) is 1. The van der Waals surface area contributed by atoms with Gasteiger partial charge < -0.3 is 10.1 Å². The minimum atomic E-state index is -0.350. The largest absolute Gasteiger partial charge is 0.358 e. The molecule has 0 aromatic heterocycles. The second-order valence-electron chi connectivity index (χ2n) is 6.13. The van der Waals surface area contributed by atoms with E-state index in [1.807, 2.05) is 38.1 Å². The highest BCUT2D eigenvalue weighted by Crippen LogP contribution is 2.43. The van der Waals surface area contributed by atoms with E-state index in [-0.39, 0.29) is 28.8 Å². The van der Waals surface area contributed by atoms with Gasteiger partial charge in [-0.1, -0.05) is 41.6 Å². The lowest BCUT2D eigenvalue weighted by molar-refractivity contribution is 0.00000406. The molecule has 3 amide bonds. The van der Waals surface area contributed by atoms with Crippen LogP contribution in [0.15, 0.2) is 24.3 Å². The SMILES string of the molecule is Cc1ccc(C2SC(=O)N(C(=O)NC3CCCCO3)C2C)cc1. The number of imide groups is 1. The first-order valence-corrected chi connectivity index (χ1v) is 8.93. The monoisotopic (exact) mass is 334 g/mol. The zero-order chi connectivity index (χ0) is 16.4. The van der Waals surface area contributed by atoms with E-state index in [0.717, 1.165) is 24.8 Å². The van der Waals surface area contributed by atoms with Gasteiger partial charge in [-0.25, -0.2) is 4.79 Å². The topological polar surface area (TPSA) is 58.6 Å². The molecule has 1 aromatic rings. The third-order valence-electron chi connectivity index (χ3n) is 4.36. The van der Waals surface area contributed by atoms with E-state index in [4.69, 9.17) is 4.74 Å². The molecule has 3 rings (SSSR count). The van der Waals surface area contributed by atoms with Gasteiger partial charge in [-0.2, -0.15) is 0 Å². The predicted octanol–water partition coefficient (Wildman–Crippen LogP) is 3.83. The fourth-order valence-corrected chi connectivity index (χ4v) is 4.19. The van der Waals surface area contributed by atoms with E-state index in [1.165, 1.54) is 22.2 Å². The second-order valence-corrected chi connectivity index (χ2v) is 7.22. The molecule has 2 aliphatic heterocycles. The molecule has 0 spiro atoms. The fraction of sp³-hybridized carbons (Fsp3) is 0.529. The summed E-state index contributed by atoms with van der Waals surface area (Å²) in [5.41, 5.74) is 2.26. The lowest BCUT2D eigenvalue weighted by Crippen LogP contribution is -2.49. The molecule has 0 radical (unpaired) electrons. The first-order chi connectivity index (χ1) is 11.1. The molecular weight excluding hydrogens is 312 g/mol. The number of rotatable bonds is 2. The van der Waals surface area contributed by atoms with Crippen LogP contribution in [0.5, 0.6) is 0 Å². The van der Waals surface area contributed by atoms with Gasteiger partial charge in [0.2, 0.25) is 0 Å². The number of nitrogens with zero attached hydrogens (tertiary/aromatic N) is 1. The number of carbonyl (C=O) groups is 2. The minimum absolute atomic E-state index is 0.0267. The van der Waals surface area contributed by atoms with E-state index in [0.29, 0.717) is 6.61 Å². The average molecular weight is 334 g/mol. The average Bonchev–Trinajstić information content (AvgIpc) is 2.84. The van der Waals surface area contributed by atoms with Crippen LogP contribution in [0.3, 0.4) is 0 Å². The summed E-state index contributed by atoms with van der Waals surface area (Å²) in [6, 6.07) is 7.60. The van der Waals surface area contributed by atoms with E-state index in [9.17, 15) is 9.59 Å². The van der Waals surface area contributed by atoms with Crippen LogP contribution in [-0.4, -0.2) is 35.0 Å². The molecule has 6 heteroatoms. The van der Waals surface area contributed by atoms with E-state index in [1.54, 1.807) is 0 Å². The van der Waals surface area contributed by atoms with Crippen molar-refractivity contribution in [2.75, 3.05) is 6.61 Å². The van der Waals surface area contributed by atoms with Gasteiger partial charge in [-0.15, -0.1) is 0 Å². The molecule has 2 saturated heterocycles. The Morgan fingerprint density at radius 3 is 2.70 bits per heavy atom. The lowest BCUT2D eigenvalue weighted by Gasteiger charge is -2.27. The summed E-state index contributed by atoms with van der Waals surface area (Å²) in [5.74, 6) is 0. The lowest BCUT2D eigenvalue weighted by atomic mass is 10.0. The quantitative estimate of drug-likeness (QED) is 0.893. The van der Waals surface area contributed by atoms with Gasteiger partial charge in [0, 0.05) is 6.61 Å². The summed E-state index contributed by atoms with van der Waals surface area (Å²) in [7, 11) is 0. The number of benzene rings is 1. The van der Waals surface area contributed by atoms with Crippen molar-refractivity contribution in [3.05, 3.63) is 35.4 Å². The molecule has 0 aliphatic carbocycles. The molecule has 2 fully saturated rings. The summed E-state index contributed by atoms with van der Waals surface area (Å²) < 4.78 is 5.53. The number of urea groups is 1. The molecule has 23 heavy (non-hydrogen) atoms. The number of aryl methyl sites for hydroxylation is 1. The standard InChI is InChI=1S/C17H22N2O3S/c1-11-6-8-13(9-7-11)15-12(2)19(17(21)23-15)16(20)18-14-5-3-4-10-22-14/h6-9,12,14-15H,3-5,10H2,1-2H3,(H,18,20). The first-order valence-electron chi connectivity index (χ1n) is 8.05. The van der Waals surface area contributed by atoms with E-state index >= 15 is 0 Å². The molecule has 0 saturated carbocycles. The van der Waals surface area contributed by atoms with Crippen molar-refractivity contribution in [2.24, 2.45) is 0 Å². The van der Waals surface area contributed by atoms with Crippen LogP contribution in [0.1, 0.15) is 42.6 Å². The molecule has 0 bridgehead atoms. The van der Waals surface area contributed by atoms with Gasteiger partial charge in [0.05, 0.1) is 11.3 Å². The molecule has 5 nitrogen and oxygen atoms in total. The Kier molecular flexibility index (Phi) is 4.92. The third kappa shape index (κ3) is 3.53. The maximum atomic E-state index is 12.5. The Morgan fingerprint density at radius 2 is 2.04 bits per heavy atom. The van der Waals surface area contributed by atoms with E-state index in [2.05, 4.69) is 5.32 Å². The number of thioether (sulfide) groups is 1. The van der Waals surface area contributed by atoms with Crippen molar-refractivity contribution in [3.63, 3.8) is 0 Å². The number of carbonyl (C=O) groups excluding carboxylic acids is 2. The number of amides is 3. The summed E-state index contributed by atoms with van der Waals surface area (Å²) in [6.07, 6.45) is 2.59. The highest BCUT2D eigenvalue weighted by molar-refractivity contribution is 8.14. The van der Waals surface area contributed by atoms with Gasteiger partial charge in [0.25, 0.3) is 5.24 Å². The van der Waals surface area contributed by atoms with Crippen LogP contribution in [0.4, 0.5) is 9.59 Å². The summed E-state index contributed by atoms with van der Waals surface area (Å²) in [5, 5.41) is 2.61. The fourth-order valence-electron chi connectivity index (χ4n) is 3.00. The number of nitrogens with one attached hydrogen (secondary N) is 1. The molecule has 1 aromatic carbocycles. The van der Waals surface area contributed by atoms with Gasteiger partial charge in [-0.05, 0) is 38.7 Å². The van der Waals surface area contributed by atoms with Crippen LogP contribution < -0.4 is 5.32 Å². The molecule has 2 heterocycles. The molecule has 3 unspecified atom stereocenters. The van der Waals surface area contributed by atoms with Gasteiger partial charge in [0.1, 0.15) is 6.23 Å². The summed E-state index contributed by atoms with van der Waals surface area (Å²) in [6.45, 7) is 4.61. The second kappa shape index (κ2) is 6.93. The van der Waals surface area contributed by atoms with Crippen molar-refractivity contribution in [2.45, 2.75) is 50.6 Å². The van der Waals surface area contributed by atoms with Crippen LogP contribution in [0, 0.1) is 6.92 Å². The Bertz CT molecular complexity index is 584. The zero-order valence-corrected chi connectivity index (χ0v) is 14.3. The van der Waals surface area contributed by atoms with Gasteiger partial charge in [-0.3, -0.25) is 9.69 Å². The Hall–Kier alpha value is -1.53.